The Morgan fingerprint density at radius 2 is 2.00 bits per heavy atom. The van der Waals surface area contributed by atoms with Gasteiger partial charge in [-0.3, -0.25) is 0 Å². The molecule has 0 aromatic heterocycles. The van der Waals surface area contributed by atoms with Crippen LogP contribution in [0.5, 0.6) is 0 Å². The van der Waals surface area contributed by atoms with Gasteiger partial charge < -0.3 is 5.73 Å². The zero-order chi connectivity index (χ0) is 8.20. The highest BCUT2D eigenvalue weighted by atomic mass is 19.3. The molecule has 0 amide bonds. The average molecular weight is 151 g/mol. The highest BCUT2D eigenvalue weighted by molar-refractivity contribution is 4.64. The Labute approximate surface area is 60.6 Å². The summed E-state index contributed by atoms with van der Waals surface area (Å²) in [6.07, 6.45) is 1.10. The third kappa shape index (κ3) is 5.95. The molecule has 0 aromatic carbocycles. The van der Waals surface area contributed by atoms with E-state index in [2.05, 4.69) is 0 Å². The lowest BCUT2D eigenvalue weighted by molar-refractivity contribution is 0.00919. The van der Waals surface area contributed by atoms with Crippen LogP contribution in [-0.4, -0.2) is 12.0 Å². The number of halogens is 2. The van der Waals surface area contributed by atoms with Gasteiger partial charge in [0.25, 0.3) is 0 Å². The van der Waals surface area contributed by atoms with Crippen LogP contribution in [0.4, 0.5) is 8.78 Å². The summed E-state index contributed by atoms with van der Waals surface area (Å²) in [4.78, 5) is 0. The lowest BCUT2D eigenvalue weighted by atomic mass is 10.1. The van der Waals surface area contributed by atoms with Crippen LogP contribution in [0.2, 0.25) is 0 Å². The van der Waals surface area contributed by atoms with Gasteiger partial charge in [0, 0.05) is 12.5 Å². The zero-order valence-electron chi connectivity index (χ0n) is 6.53. The monoisotopic (exact) mass is 151 g/mol. The fourth-order valence-corrected chi connectivity index (χ4v) is 0.643. The average Bonchev–Trinajstić information content (AvgIpc) is 1.81. The molecule has 1 unspecified atom stereocenters. The predicted molar refractivity (Wildman–Crippen MR) is 38.1 cm³/mol. The first-order valence-electron chi connectivity index (χ1n) is 3.59. The summed E-state index contributed by atoms with van der Waals surface area (Å²) in [7, 11) is 0. The molecular formula is C7H15F2N. The highest BCUT2D eigenvalue weighted by Gasteiger charge is 2.21. The van der Waals surface area contributed by atoms with Crippen LogP contribution < -0.4 is 5.73 Å². The minimum absolute atomic E-state index is 0.0641. The van der Waals surface area contributed by atoms with E-state index in [4.69, 9.17) is 5.73 Å². The minimum atomic E-state index is -2.55. The number of hydrogen-bond donors (Lipinski definition) is 1. The molecule has 0 fully saturated rings. The van der Waals surface area contributed by atoms with Crippen molar-refractivity contribution in [1.29, 1.82) is 0 Å². The molecule has 1 atom stereocenters. The normalized spacial score (nSPS) is 15.3. The maximum absolute atomic E-state index is 12.2. The van der Waals surface area contributed by atoms with Gasteiger partial charge in [-0.1, -0.05) is 6.92 Å². The van der Waals surface area contributed by atoms with Crippen molar-refractivity contribution in [2.24, 2.45) is 5.73 Å². The molecule has 0 heterocycles. The molecule has 2 N–H and O–H groups in total. The van der Waals surface area contributed by atoms with Gasteiger partial charge >= 0.3 is 0 Å². The van der Waals surface area contributed by atoms with Gasteiger partial charge in [0.2, 0.25) is 5.92 Å². The van der Waals surface area contributed by atoms with Gasteiger partial charge in [-0.2, -0.15) is 0 Å². The molecule has 0 aromatic rings. The number of alkyl halides is 2. The third-order valence-electron chi connectivity index (χ3n) is 1.48. The van der Waals surface area contributed by atoms with Crippen molar-refractivity contribution in [2.45, 2.75) is 45.1 Å². The lowest BCUT2D eigenvalue weighted by Crippen LogP contribution is -2.22. The number of rotatable bonds is 4. The van der Waals surface area contributed by atoms with E-state index in [1.807, 2.05) is 6.92 Å². The Balaban J connectivity index is 3.36. The smallest absolute Gasteiger partial charge is 0.245 e. The van der Waals surface area contributed by atoms with Crippen molar-refractivity contribution >= 4 is 0 Å². The quantitative estimate of drug-likeness (QED) is 0.654. The van der Waals surface area contributed by atoms with Gasteiger partial charge in [-0.25, -0.2) is 8.78 Å². The lowest BCUT2D eigenvalue weighted by Gasteiger charge is -2.12. The van der Waals surface area contributed by atoms with Crippen molar-refractivity contribution in [3.8, 4) is 0 Å². The molecule has 1 nitrogen and oxygen atoms in total. The fourth-order valence-electron chi connectivity index (χ4n) is 0.643. The van der Waals surface area contributed by atoms with E-state index in [1.54, 1.807) is 0 Å². The molecular weight excluding hydrogens is 136 g/mol. The highest BCUT2D eigenvalue weighted by Crippen LogP contribution is 2.19. The third-order valence-corrected chi connectivity index (χ3v) is 1.48. The van der Waals surface area contributed by atoms with E-state index >= 15 is 0 Å². The first-order valence-corrected chi connectivity index (χ1v) is 3.59. The molecule has 0 saturated heterocycles. The van der Waals surface area contributed by atoms with E-state index in [1.165, 1.54) is 0 Å². The van der Waals surface area contributed by atoms with Gasteiger partial charge in [-0.15, -0.1) is 0 Å². The molecule has 0 radical (unpaired) electrons. The van der Waals surface area contributed by atoms with Crippen LogP contribution in [0.25, 0.3) is 0 Å². The molecule has 0 aliphatic rings. The van der Waals surface area contributed by atoms with E-state index in [0.29, 0.717) is 6.42 Å². The number of nitrogens with two attached hydrogens (primary N) is 1. The van der Waals surface area contributed by atoms with Crippen LogP contribution in [0.15, 0.2) is 0 Å². The van der Waals surface area contributed by atoms with Crippen LogP contribution in [0.3, 0.4) is 0 Å². The van der Waals surface area contributed by atoms with Crippen molar-refractivity contribution < 1.29 is 8.78 Å². The van der Waals surface area contributed by atoms with Crippen LogP contribution >= 0.6 is 0 Å². The van der Waals surface area contributed by atoms with E-state index < -0.39 is 5.92 Å². The van der Waals surface area contributed by atoms with Crippen LogP contribution in [-0.2, 0) is 0 Å². The molecule has 0 rings (SSSR count). The summed E-state index contributed by atoms with van der Waals surface area (Å²) in [6.45, 7) is 2.83. The second-order valence-electron chi connectivity index (χ2n) is 2.78. The maximum Gasteiger partial charge on any atom is 0.245 e. The SMILES string of the molecule is CCC(N)CCC(C)(F)F. The molecule has 0 aliphatic carbocycles. The summed E-state index contributed by atoms with van der Waals surface area (Å²) in [5, 5.41) is 0. The van der Waals surface area contributed by atoms with E-state index in [9.17, 15) is 8.78 Å². The molecule has 10 heavy (non-hydrogen) atoms. The predicted octanol–water partition coefficient (Wildman–Crippen LogP) is 2.16. The first kappa shape index (κ1) is 9.82. The van der Waals surface area contributed by atoms with Crippen molar-refractivity contribution in [1.82, 2.24) is 0 Å². The molecule has 3 heteroatoms. The minimum Gasteiger partial charge on any atom is -0.328 e. The Morgan fingerprint density at radius 3 is 2.30 bits per heavy atom. The largest absolute Gasteiger partial charge is 0.328 e. The first-order chi connectivity index (χ1) is 4.45. The topological polar surface area (TPSA) is 26.0 Å². The van der Waals surface area contributed by atoms with E-state index in [-0.39, 0.29) is 12.5 Å². The van der Waals surface area contributed by atoms with Crippen LogP contribution in [0, 0.1) is 0 Å². The Bertz CT molecular complexity index is 88.1. The standard InChI is InChI=1S/C7H15F2N/c1-3-6(10)4-5-7(2,8)9/h6H,3-5,10H2,1-2H3. The molecule has 62 valence electrons. The van der Waals surface area contributed by atoms with Gasteiger partial charge in [0.1, 0.15) is 0 Å². The molecule has 0 bridgehead atoms. The Hall–Kier alpha value is -0.180. The number of hydrogen-bond acceptors (Lipinski definition) is 1. The maximum atomic E-state index is 12.2. The second-order valence-corrected chi connectivity index (χ2v) is 2.78. The molecule has 0 spiro atoms. The Morgan fingerprint density at radius 1 is 1.50 bits per heavy atom. The summed E-state index contributed by atoms with van der Waals surface area (Å²) in [5.41, 5.74) is 5.45. The van der Waals surface area contributed by atoms with Crippen molar-refractivity contribution in [3.05, 3.63) is 0 Å². The Kier molecular flexibility index (Phi) is 3.79. The van der Waals surface area contributed by atoms with Gasteiger partial charge in [0.15, 0.2) is 0 Å². The summed E-state index contributed by atoms with van der Waals surface area (Å²) >= 11 is 0. The molecule has 0 saturated carbocycles. The zero-order valence-corrected chi connectivity index (χ0v) is 6.53. The van der Waals surface area contributed by atoms with Crippen LogP contribution in [0.1, 0.15) is 33.1 Å². The van der Waals surface area contributed by atoms with Gasteiger partial charge in [0.05, 0.1) is 0 Å². The summed E-state index contributed by atoms with van der Waals surface area (Å²) in [5.74, 6) is -2.55. The molecule has 0 aliphatic heterocycles. The fraction of sp³-hybridized carbons (Fsp3) is 1.00. The van der Waals surface area contributed by atoms with Crippen molar-refractivity contribution in [2.75, 3.05) is 0 Å². The second kappa shape index (κ2) is 3.86. The van der Waals surface area contributed by atoms with Gasteiger partial charge in [-0.05, 0) is 19.8 Å². The summed E-state index contributed by atoms with van der Waals surface area (Å²) < 4.78 is 24.3. The van der Waals surface area contributed by atoms with Crippen molar-refractivity contribution in [3.63, 3.8) is 0 Å². The van der Waals surface area contributed by atoms with E-state index in [0.717, 1.165) is 13.3 Å². The summed E-state index contributed by atoms with van der Waals surface area (Å²) in [6, 6.07) is -0.0641.